The molecule has 0 aromatic carbocycles. The fourth-order valence-corrected chi connectivity index (χ4v) is 1.67. The highest BCUT2D eigenvalue weighted by atomic mass is 16.3. The number of aliphatic hydroxyl groups excluding tert-OH is 2. The minimum atomic E-state index is 0.103. The van der Waals surface area contributed by atoms with E-state index in [9.17, 15) is 0 Å². The summed E-state index contributed by atoms with van der Waals surface area (Å²) in [6.07, 6.45) is 11.6. The van der Waals surface area contributed by atoms with E-state index in [0.29, 0.717) is 0 Å². The van der Waals surface area contributed by atoms with E-state index in [-0.39, 0.29) is 19.1 Å². The van der Waals surface area contributed by atoms with Gasteiger partial charge >= 0.3 is 0 Å². The Morgan fingerprint density at radius 2 is 1.40 bits per heavy atom. The third kappa shape index (κ3) is 9.95. The predicted molar refractivity (Wildman–Crippen MR) is 64.8 cm³/mol. The van der Waals surface area contributed by atoms with Crippen molar-refractivity contribution >= 4 is 0 Å². The van der Waals surface area contributed by atoms with Gasteiger partial charge in [-0.3, -0.25) is 0 Å². The quantitative estimate of drug-likeness (QED) is 0.410. The van der Waals surface area contributed by atoms with Gasteiger partial charge in [0.05, 0.1) is 0 Å². The molecule has 15 heavy (non-hydrogen) atoms. The Morgan fingerprint density at radius 1 is 0.867 bits per heavy atom. The van der Waals surface area contributed by atoms with Crippen LogP contribution in [-0.2, 0) is 0 Å². The molecular weight excluding hydrogens is 188 g/mol. The maximum absolute atomic E-state index is 8.86. The Hall–Kier alpha value is -0.340. The molecule has 0 bridgehead atoms. The summed E-state index contributed by atoms with van der Waals surface area (Å²) in [5, 5.41) is 17.7. The van der Waals surface area contributed by atoms with Crippen LogP contribution in [0.2, 0.25) is 0 Å². The van der Waals surface area contributed by atoms with Gasteiger partial charge in [0.2, 0.25) is 0 Å². The highest BCUT2D eigenvalue weighted by Gasteiger charge is 2.04. The molecule has 0 aromatic heterocycles. The summed E-state index contributed by atoms with van der Waals surface area (Å²) in [6.45, 7) is 3.94. The SMILES string of the molecule is C=CCCCCCCCCC(CO)CO. The van der Waals surface area contributed by atoms with Crippen molar-refractivity contribution < 1.29 is 10.2 Å². The Labute approximate surface area is 94.0 Å². The number of hydrogen-bond donors (Lipinski definition) is 2. The fourth-order valence-electron chi connectivity index (χ4n) is 1.67. The number of rotatable bonds is 11. The summed E-state index contributed by atoms with van der Waals surface area (Å²) in [6, 6.07) is 0. The van der Waals surface area contributed by atoms with Gasteiger partial charge in [-0.2, -0.15) is 0 Å². The molecular formula is C13H26O2. The first-order valence-corrected chi connectivity index (χ1v) is 6.17. The van der Waals surface area contributed by atoms with Gasteiger partial charge in [0.25, 0.3) is 0 Å². The largest absolute Gasteiger partial charge is 0.396 e. The molecule has 0 aromatic rings. The molecule has 2 nitrogen and oxygen atoms in total. The van der Waals surface area contributed by atoms with Crippen molar-refractivity contribution in [1.29, 1.82) is 0 Å². The molecule has 0 saturated heterocycles. The van der Waals surface area contributed by atoms with Crippen molar-refractivity contribution in [2.75, 3.05) is 13.2 Å². The van der Waals surface area contributed by atoms with Gasteiger partial charge in [-0.15, -0.1) is 6.58 Å². The van der Waals surface area contributed by atoms with Crippen LogP contribution in [0.4, 0.5) is 0 Å². The van der Waals surface area contributed by atoms with Crippen LogP contribution in [0, 0.1) is 5.92 Å². The van der Waals surface area contributed by atoms with Crippen LogP contribution < -0.4 is 0 Å². The second kappa shape index (κ2) is 11.7. The Balaban J connectivity index is 3.07. The molecule has 2 heteroatoms. The molecule has 0 aliphatic carbocycles. The number of unbranched alkanes of at least 4 members (excludes halogenated alkanes) is 6. The highest BCUT2D eigenvalue weighted by Crippen LogP contribution is 2.12. The minimum Gasteiger partial charge on any atom is -0.396 e. The van der Waals surface area contributed by atoms with E-state index in [1.807, 2.05) is 6.08 Å². The zero-order valence-electron chi connectivity index (χ0n) is 9.83. The first-order chi connectivity index (χ1) is 7.35. The zero-order chi connectivity index (χ0) is 11.4. The van der Waals surface area contributed by atoms with E-state index in [2.05, 4.69) is 6.58 Å². The molecule has 90 valence electrons. The van der Waals surface area contributed by atoms with E-state index >= 15 is 0 Å². The Morgan fingerprint density at radius 3 is 1.93 bits per heavy atom. The van der Waals surface area contributed by atoms with Gasteiger partial charge in [0, 0.05) is 19.1 Å². The molecule has 0 amide bonds. The van der Waals surface area contributed by atoms with Crippen molar-refractivity contribution in [2.45, 2.75) is 51.4 Å². The predicted octanol–water partition coefficient (Wildman–Crippen LogP) is 2.89. The van der Waals surface area contributed by atoms with E-state index < -0.39 is 0 Å². The van der Waals surface area contributed by atoms with E-state index in [1.54, 1.807) is 0 Å². The summed E-state index contributed by atoms with van der Waals surface area (Å²) in [4.78, 5) is 0. The molecule has 2 N–H and O–H groups in total. The van der Waals surface area contributed by atoms with Crippen LogP contribution in [0.5, 0.6) is 0 Å². The molecule has 0 spiro atoms. The van der Waals surface area contributed by atoms with Gasteiger partial charge in [-0.1, -0.05) is 38.2 Å². The number of allylic oxidation sites excluding steroid dienone is 1. The first kappa shape index (κ1) is 14.7. The molecule has 0 fully saturated rings. The average Bonchev–Trinajstić information content (AvgIpc) is 2.27. The number of hydrogen-bond acceptors (Lipinski definition) is 2. The lowest BCUT2D eigenvalue weighted by atomic mass is 10.0. The van der Waals surface area contributed by atoms with Gasteiger partial charge in [-0.25, -0.2) is 0 Å². The summed E-state index contributed by atoms with van der Waals surface area (Å²) < 4.78 is 0. The zero-order valence-corrected chi connectivity index (χ0v) is 9.83. The minimum absolute atomic E-state index is 0.103. The van der Waals surface area contributed by atoms with Crippen LogP contribution in [0.25, 0.3) is 0 Å². The summed E-state index contributed by atoms with van der Waals surface area (Å²) in [5.74, 6) is 0.103. The molecule has 0 atom stereocenters. The highest BCUT2D eigenvalue weighted by molar-refractivity contribution is 4.65. The topological polar surface area (TPSA) is 40.5 Å². The Bertz CT molecular complexity index is 130. The molecule has 0 radical (unpaired) electrons. The molecule has 0 aliphatic rings. The van der Waals surface area contributed by atoms with E-state index in [4.69, 9.17) is 10.2 Å². The van der Waals surface area contributed by atoms with Crippen LogP contribution in [0.3, 0.4) is 0 Å². The second-order valence-corrected chi connectivity index (χ2v) is 4.22. The molecule has 0 heterocycles. The van der Waals surface area contributed by atoms with Gasteiger partial charge in [0.1, 0.15) is 0 Å². The van der Waals surface area contributed by atoms with E-state index in [0.717, 1.165) is 19.3 Å². The van der Waals surface area contributed by atoms with Crippen LogP contribution in [0.1, 0.15) is 51.4 Å². The standard InChI is InChI=1S/C13H26O2/c1-2-3-4-5-6-7-8-9-10-13(11-14)12-15/h2,13-15H,1,3-12H2. The molecule has 0 rings (SSSR count). The van der Waals surface area contributed by atoms with Crippen molar-refractivity contribution in [2.24, 2.45) is 5.92 Å². The lowest BCUT2D eigenvalue weighted by Gasteiger charge is -2.09. The van der Waals surface area contributed by atoms with Gasteiger partial charge in [0.15, 0.2) is 0 Å². The van der Waals surface area contributed by atoms with Gasteiger partial charge in [-0.05, 0) is 19.3 Å². The maximum atomic E-state index is 8.86. The lowest BCUT2D eigenvalue weighted by Crippen LogP contribution is -2.10. The van der Waals surface area contributed by atoms with Crippen molar-refractivity contribution in [3.63, 3.8) is 0 Å². The third-order valence-electron chi connectivity index (χ3n) is 2.79. The first-order valence-electron chi connectivity index (χ1n) is 6.17. The maximum Gasteiger partial charge on any atom is 0.0481 e. The van der Waals surface area contributed by atoms with E-state index in [1.165, 1.54) is 32.1 Å². The van der Waals surface area contributed by atoms with Crippen LogP contribution in [0.15, 0.2) is 12.7 Å². The Kier molecular flexibility index (Phi) is 11.5. The molecule has 0 unspecified atom stereocenters. The van der Waals surface area contributed by atoms with Crippen molar-refractivity contribution in [3.8, 4) is 0 Å². The van der Waals surface area contributed by atoms with Crippen LogP contribution in [-0.4, -0.2) is 23.4 Å². The normalized spacial score (nSPS) is 10.9. The third-order valence-corrected chi connectivity index (χ3v) is 2.79. The van der Waals surface area contributed by atoms with Gasteiger partial charge < -0.3 is 10.2 Å². The smallest absolute Gasteiger partial charge is 0.0481 e. The second-order valence-electron chi connectivity index (χ2n) is 4.22. The van der Waals surface area contributed by atoms with Crippen LogP contribution >= 0.6 is 0 Å². The summed E-state index contributed by atoms with van der Waals surface area (Å²) >= 11 is 0. The van der Waals surface area contributed by atoms with Crippen molar-refractivity contribution in [1.82, 2.24) is 0 Å². The fraction of sp³-hybridized carbons (Fsp3) is 0.846. The lowest BCUT2D eigenvalue weighted by molar-refractivity contribution is 0.141. The summed E-state index contributed by atoms with van der Waals surface area (Å²) in [5.41, 5.74) is 0. The number of aliphatic hydroxyl groups is 2. The average molecular weight is 214 g/mol. The molecule has 0 aliphatic heterocycles. The molecule has 0 saturated carbocycles. The monoisotopic (exact) mass is 214 g/mol. The van der Waals surface area contributed by atoms with Crippen molar-refractivity contribution in [3.05, 3.63) is 12.7 Å². The summed E-state index contributed by atoms with van der Waals surface area (Å²) in [7, 11) is 0.